The van der Waals surface area contributed by atoms with E-state index in [9.17, 15) is 18.0 Å². The van der Waals surface area contributed by atoms with Crippen molar-refractivity contribution in [2.75, 3.05) is 0 Å². The van der Waals surface area contributed by atoms with Gasteiger partial charge in [-0.3, -0.25) is 10.5 Å². The number of halogens is 3. The first-order valence-corrected chi connectivity index (χ1v) is 2.60. The lowest BCUT2D eigenvalue weighted by Crippen LogP contribution is -1.99. The molecule has 0 unspecified atom stereocenters. The van der Waals surface area contributed by atoms with Gasteiger partial charge in [0.1, 0.15) is 0 Å². The predicted octanol–water partition coefficient (Wildman–Crippen LogP) is 1.47. The van der Waals surface area contributed by atoms with Gasteiger partial charge in [-0.1, -0.05) is 12.2 Å². The number of alkyl halides is 3. The standard InChI is InChI=1S/C6H5F3NO/c7-6(8,9)4-2-1-3-5(10)11/h1-4,10H. The van der Waals surface area contributed by atoms with Crippen LogP contribution in [0.4, 0.5) is 13.2 Å². The Morgan fingerprint density at radius 1 is 1.27 bits per heavy atom. The third-order valence-corrected chi connectivity index (χ3v) is 0.644. The summed E-state index contributed by atoms with van der Waals surface area (Å²) in [6.07, 6.45) is -2.14. The zero-order valence-electron chi connectivity index (χ0n) is 5.35. The van der Waals surface area contributed by atoms with Crippen molar-refractivity contribution in [2.45, 2.75) is 6.18 Å². The molecule has 1 N–H and O–H groups in total. The van der Waals surface area contributed by atoms with E-state index in [0.29, 0.717) is 6.08 Å². The lowest BCUT2D eigenvalue weighted by molar-refractivity contribution is -0.114. The van der Waals surface area contributed by atoms with Gasteiger partial charge in [0, 0.05) is 12.2 Å². The molecule has 0 bridgehead atoms. The summed E-state index contributed by atoms with van der Waals surface area (Å²) in [7, 11) is 0. The predicted molar refractivity (Wildman–Crippen MR) is 32.4 cm³/mol. The van der Waals surface area contributed by atoms with E-state index in [1.807, 2.05) is 0 Å². The number of carbonyl (C=O) groups excluding carboxylic acids is 1. The van der Waals surface area contributed by atoms with Crippen LogP contribution < -0.4 is 5.73 Å². The molecule has 0 aromatic rings. The fraction of sp³-hybridized carbons (Fsp3) is 0.167. The summed E-state index contributed by atoms with van der Waals surface area (Å²) in [6.45, 7) is 0. The van der Waals surface area contributed by atoms with E-state index in [4.69, 9.17) is 5.73 Å². The summed E-state index contributed by atoms with van der Waals surface area (Å²) in [4.78, 5) is 9.83. The number of rotatable bonds is 2. The zero-order chi connectivity index (χ0) is 8.91. The average Bonchev–Trinajstić information content (AvgIpc) is 1.78. The fourth-order valence-corrected chi connectivity index (χ4v) is 0.308. The van der Waals surface area contributed by atoms with Crippen molar-refractivity contribution in [3.8, 4) is 0 Å². The topological polar surface area (TPSA) is 40.9 Å². The molecule has 0 aromatic carbocycles. The summed E-state index contributed by atoms with van der Waals surface area (Å²) in [5.41, 5.74) is 6.27. The largest absolute Gasteiger partial charge is 0.409 e. The molecule has 61 valence electrons. The third kappa shape index (κ3) is 8.74. The van der Waals surface area contributed by atoms with Gasteiger partial charge in [0.05, 0.1) is 0 Å². The summed E-state index contributed by atoms with van der Waals surface area (Å²) >= 11 is 0. The van der Waals surface area contributed by atoms with Crippen LogP contribution in [0.2, 0.25) is 0 Å². The molecule has 1 radical (unpaired) electrons. The highest BCUT2D eigenvalue weighted by molar-refractivity contribution is 5.85. The van der Waals surface area contributed by atoms with Crippen molar-refractivity contribution in [1.29, 1.82) is 0 Å². The second kappa shape index (κ2) is 3.80. The first-order chi connectivity index (χ1) is 4.92. The van der Waals surface area contributed by atoms with Crippen LogP contribution in [0.1, 0.15) is 0 Å². The van der Waals surface area contributed by atoms with Crippen molar-refractivity contribution in [3.63, 3.8) is 0 Å². The molecule has 1 amide bonds. The molecule has 0 aliphatic rings. The number of allylic oxidation sites excluding steroid dienone is 3. The zero-order valence-corrected chi connectivity index (χ0v) is 5.35. The molecule has 0 fully saturated rings. The monoisotopic (exact) mass is 164 g/mol. The normalized spacial score (nSPS) is 13.0. The van der Waals surface area contributed by atoms with Crippen LogP contribution in [0.25, 0.3) is 0 Å². The van der Waals surface area contributed by atoms with Crippen LogP contribution in [0.3, 0.4) is 0 Å². The number of nitrogens with one attached hydrogen (secondary N) is 1. The summed E-state index contributed by atoms with van der Waals surface area (Å²) in [5.74, 6) is -1.03. The van der Waals surface area contributed by atoms with Gasteiger partial charge in [-0.2, -0.15) is 13.2 Å². The van der Waals surface area contributed by atoms with E-state index in [1.54, 1.807) is 0 Å². The summed E-state index contributed by atoms with van der Waals surface area (Å²) < 4.78 is 34.0. The molecule has 0 heterocycles. The third-order valence-electron chi connectivity index (χ3n) is 0.644. The maximum atomic E-state index is 11.3. The van der Waals surface area contributed by atoms with Gasteiger partial charge < -0.3 is 0 Å². The van der Waals surface area contributed by atoms with E-state index < -0.39 is 12.1 Å². The highest BCUT2D eigenvalue weighted by Gasteiger charge is 2.21. The minimum Gasteiger partial charge on any atom is -0.268 e. The Morgan fingerprint density at radius 2 is 1.82 bits per heavy atom. The Labute approximate surface area is 61.2 Å². The number of carbonyl (C=O) groups is 1. The molecule has 0 saturated heterocycles. The van der Waals surface area contributed by atoms with E-state index in [-0.39, 0.29) is 6.08 Å². The van der Waals surface area contributed by atoms with Crippen molar-refractivity contribution in [3.05, 3.63) is 24.3 Å². The van der Waals surface area contributed by atoms with Crippen LogP contribution >= 0.6 is 0 Å². The van der Waals surface area contributed by atoms with Gasteiger partial charge in [-0.25, -0.2) is 0 Å². The quantitative estimate of drug-likeness (QED) is 0.450. The summed E-state index contributed by atoms with van der Waals surface area (Å²) in [6, 6.07) is 0. The van der Waals surface area contributed by atoms with Gasteiger partial charge in [0.25, 0.3) is 5.91 Å². The lowest BCUT2D eigenvalue weighted by Gasteiger charge is -1.94. The Bertz CT molecular complexity index is 192. The molecule has 0 aliphatic carbocycles. The summed E-state index contributed by atoms with van der Waals surface area (Å²) in [5, 5.41) is 0. The van der Waals surface area contributed by atoms with E-state index >= 15 is 0 Å². The van der Waals surface area contributed by atoms with E-state index in [2.05, 4.69) is 0 Å². The Hall–Kier alpha value is -1.26. The lowest BCUT2D eigenvalue weighted by atomic mass is 10.4. The maximum Gasteiger partial charge on any atom is 0.409 e. The highest BCUT2D eigenvalue weighted by atomic mass is 19.4. The SMILES string of the molecule is [NH]C(=O)C=CC=CC(F)(F)F. The first-order valence-electron chi connectivity index (χ1n) is 2.60. The van der Waals surface area contributed by atoms with Crippen molar-refractivity contribution < 1.29 is 18.0 Å². The van der Waals surface area contributed by atoms with Crippen LogP contribution in [0.5, 0.6) is 0 Å². The minimum atomic E-state index is -4.37. The molecule has 0 atom stereocenters. The van der Waals surface area contributed by atoms with Crippen molar-refractivity contribution in [2.24, 2.45) is 0 Å². The van der Waals surface area contributed by atoms with Gasteiger partial charge in [-0.05, 0) is 0 Å². The van der Waals surface area contributed by atoms with Crippen LogP contribution in [-0.4, -0.2) is 12.1 Å². The second-order valence-electron chi connectivity index (χ2n) is 1.62. The Morgan fingerprint density at radius 3 is 2.18 bits per heavy atom. The van der Waals surface area contributed by atoms with Crippen molar-refractivity contribution in [1.82, 2.24) is 5.73 Å². The van der Waals surface area contributed by atoms with Crippen molar-refractivity contribution >= 4 is 5.91 Å². The number of amides is 1. The van der Waals surface area contributed by atoms with E-state index in [1.165, 1.54) is 0 Å². The molecule has 2 nitrogen and oxygen atoms in total. The van der Waals surface area contributed by atoms with Crippen LogP contribution in [0, 0.1) is 0 Å². The molecule has 0 rings (SSSR count). The van der Waals surface area contributed by atoms with Crippen LogP contribution in [0.15, 0.2) is 24.3 Å². The molecular formula is C6H5F3NO. The molecule has 0 aliphatic heterocycles. The maximum absolute atomic E-state index is 11.3. The van der Waals surface area contributed by atoms with Gasteiger partial charge >= 0.3 is 6.18 Å². The average molecular weight is 164 g/mol. The van der Waals surface area contributed by atoms with Crippen LogP contribution in [-0.2, 0) is 4.79 Å². The molecule has 5 heteroatoms. The van der Waals surface area contributed by atoms with Gasteiger partial charge in [-0.15, -0.1) is 0 Å². The Balaban J connectivity index is 3.88. The first kappa shape index (κ1) is 9.74. The second-order valence-corrected chi connectivity index (χ2v) is 1.62. The molecular weight excluding hydrogens is 159 g/mol. The smallest absolute Gasteiger partial charge is 0.268 e. The van der Waals surface area contributed by atoms with E-state index in [0.717, 1.165) is 12.2 Å². The molecule has 0 spiro atoms. The number of hydrogen-bond donors (Lipinski definition) is 0. The number of hydrogen-bond acceptors (Lipinski definition) is 1. The molecule has 0 aromatic heterocycles. The Kier molecular flexibility index (Phi) is 3.36. The highest BCUT2D eigenvalue weighted by Crippen LogP contribution is 2.15. The molecule has 11 heavy (non-hydrogen) atoms. The minimum absolute atomic E-state index is 0.0214. The van der Waals surface area contributed by atoms with Gasteiger partial charge in [0.15, 0.2) is 0 Å². The fourth-order valence-electron chi connectivity index (χ4n) is 0.308. The molecule has 0 saturated carbocycles. The van der Waals surface area contributed by atoms with Gasteiger partial charge in [0.2, 0.25) is 0 Å².